The largest absolute Gasteiger partial charge is 0.545 e. The zero-order valence-corrected chi connectivity index (χ0v) is 9.15. The normalized spacial score (nSPS) is 10.7. The number of benzene rings is 1. The molecule has 2 aromatic heterocycles. The SMILES string of the molecule is O=C([O-])c1ccc2c(-n3ccnc3)ncnc2c1. The Morgan fingerprint density at radius 2 is 2.17 bits per heavy atom. The Bertz CT molecular complexity index is 722. The first-order chi connectivity index (χ1) is 8.75. The fourth-order valence-electron chi connectivity index (χ4n) is 1.76. The number of hydrogen-bond acceptors (Lipinski definition) is 5. The van der Waals surface area contributed by atoms with Gasteiger partial charge in [0, 0.05) is 17.8 Å². The monoisotopic (exact) mass is 239 g/mol. The first-order valence-corrected chi connectivity index (χ1v) is 5.20. The van der Waals surface area contributed by atoms with E-state index in [0.717, 1.165) is 5.39 Å². The van der Waals surface area contributed by atoms with Crippen molar-refractivity contribution in [2.45, 2.75) is 0 Å². The van der Waals surface area contributed by atoms with Gasteiger partial charge in [0.25, 0.3) is 0 Å². The van der Waals surface area contributed by atoms with E-state index >= 15 is 0 Å². The van der Waals surface area contributed by atoms with Crippen LogP contribution in [0.4, 0.5) is 0 Å². The Hall–Kier alpha value is -2.76. The van der Waals surface area contributed by atoms with Crippen molar-refractivity contribution < 1.29 is 9.90 Å². The van der Waals surface area contributed by atoms with Crippen molar-refractivity contribution in [2.75, 3.05) is 0 Å². The molecule has 3 rings (SSSR count). The smallest absolute Gasteiger partial charge is 0.149 e. The average molecular weight is 239 g/mol. The molecule has 18 heavy (non-hydrogen) atoms. The summed E-state index contributed by atoms with van der Waals surface area (Å²) >= 11 is 0. The summed E-state index contributed by atoms with van der Waals surface area (Å²) in [6.07, 6.45) is 6.41. The number of carbonyl (C=O) groups excluding carboxylic acids is 1. The van der Waals surface area contributed by atoms with Gasteiger partial charge >= 0.3 is 0 Å². The topological polar surface area (TPSA) is 83.7 Å². The quantitative estimate of drug-likeness (QED) is 0.637. The fraction of sp³-hybridized carbons (Fsp3) is 0. The first-order valence-electron chi connectivity index (χ1n) is 5.20. The molecule has 0 atom stereocenters. The van der Waals surface area contributed by atoms with Gasteiger partial charge in [0.1, 0.15) is 18.5 Å². The van der Waals surface area contributed by atoms with Crippen LogP contribution in [-0.2, 0) is 0 Å². The minimum absolute atomic E-state index is 0.0952. The van der Waals surface area contributed by atoms with E-state index in [1.54, 1.807) is 29.4 Å². The van der Waals surface area contributed by atoms with Crippen molar-refractivity contribution in [2.24, 2.45) is 0 Å². The zero-order valence-electron chi connectivity index (χ0n) is 9.15. The number of carbonyl (C=O) groups is 1. The number of imidazole rings is 1. The van der Waals surface area contributed by atoms with Gasteiger partial charge < -0.3 is 9.90 Å². The highest BCUT2D eigenvalue weighted by atomic mass is 16.4. The van der Waals surface area contributed by atoms with Crippen LogP contribution in [0.1, 0.15) is 10.4 Å². The molecule has 0 aliphatic carbocycles. The molecule has 1 aromatic carbocycles. The fourth-order valence-corrected chi connectivity index (χ4v) is 1.76. The Balaban J connectivity index is 2.26. The minimum Gasteiger partial charge on any atom is -0.545 e. The van der Waals surface area contributed by atoms with Crippen LogP contribution < -0.4 is 5.11 Å². The minimum atomic E-state index is -1.22. The maximum Gasteiger partial charge on any atom is 0.149 e. The van der Waals surface area contributed by atoms with Gasteiger partial charge in [-0.05, 0) is 17.7 Å². The van der Waals surface area contributed by atoms with E-state index in [1.165, 1.54) is 18.5 Å². The molecular weight excluding hydrogens is 232 g/mol. The molecule has 0 aliphatic rings. The second kappa shape index (κ2) is 3.92. The summed E-state index contributed by atoms with van der Waals surface area (Å²) in [7, 11) is 0. The predicted octanol–water partition coefficient (Wildman–Crippen LogP) is 0.179. The molecule has 0 bridgehead atoms. The summed E-state index contributed by atoms with van der Waals surface area (Å²) in [6, 6.07) is 4.60. The number of hydrogen-bond donors (Lipinski definition) is 0. The molecule has 88 valence electrons. The third-order valence-corrected chi connectivity index (χ3v) is 2.60. The number of aromatic carboxylic acids is 1. The summed E-state index contributed by atoms with van der Waals surface area (Å²) in [4.78, 5) is 23.0. The molecule has 0 N–H and O–H groups in total. The van der Waals surface area contributed by atoms with Crippen LogP contribution in [0.25, 0.3) is 16.7 Å². The van der Waals surface area contributed by atoms with Gasteiger partial charge in [0.05, 0.1) is 11.5 Å². The maximum atomic E-state index is 10.8. The van der Waals surface area contributed by atoms with Gasteiger partial charge in [0.2, 0.25) is 0 Å². The van der Waals surface area contributed by atoms with Crippen molar-refractivity contribution in [3.8, 4) is 5.82 Å². The Labute approximate surface area is 102 Å². The molecule has 0 spiro atoms. The maximum absolute atomic E-state index is 10.8. The van der Waals surface area contributed by atoms with Crippen LogP contribution >= 0.6 is 0 Å². The van der Waals surface area contributed by atoms with Gasteiger partial charge in [-0.25, -0.2) is 15.0 Å². The van der Waals surface area contributed by atoms with Gasteiger partial charge in [-0.2, -0.15) is 0 Å². The summed E-state index contributed by atoms with van der Waals surface area (Å²) in [6.45, 7) is 0. The van der Waals surface area contributed by atoms with E-state index in [0.29, 0.717) is 11.3 Å². The number of aromatic nitrogens is 4. The number of nitrogens with zero attached hydrogens (tertiary/aromatic N) is 4. The molecule has 6 nitrogen and oxygen atoms in total. The summed E-state index contributed by atoms with van der Waals surface area (Å²) in [5, 5.41) is 11.5. The van der Waals surface area contributed by atoms with E-state index in [9.17, 15) is 9.90 Å². The Morgan fingerprint density at radius 1 is 1.28 bits per heavy atom. The van der Waals surface area contributed by atoms with Crippen LogP contribution in [0.15, 0.2) is 43.2 Å². The number of carboxylic acid groups (broad SMARTS) is 1. The highest BCUT2D eigenvalue weighted by Crippen LogP contribution is 2.19. The van der Waals surface area contributed by atoms with Crippen LogP contribution in [0.3, 0.4) is 0 Å². The van der Waals surface area contributed by atoms with E-state index in [2.05, 4.69) is 15.0 Å². The number of fused-ring (bicyclic) bond motifs is 1. The lowest BCUT2D eigenvalue weighted by atomic mass is 10.1. The van der Waals surface area contributed by atoms with Crippen LogP contribution in [-0.4, -0.2) is 25.5 Å². The van der Waals surface area contributed by atoms with Crippen molar-refractivity contribution >= 4 is 16.9 Å². The van der Waals surface area contributed by atoms with Crippen molar-refractivity contribution in [1.29, 1.82) is 0 Å². The lowest BCUT2D eigenvalue weighted by Crippen LogP contribution is -2.22. The molecule has 0 saturated heterocycles. The highest BCUT2D eigenvalue weighted by Gasteiger charge is 2.06. The summed E-state index contributed by atoms with van der Waals surface area (Å²) in [5.74, 6) is -0.568. The second-order valence-corrected chi connectivity index (χ2v) is 3.69. The average Bonchev–Trinajstić information content (AvgIpc) is 2.91. The van der Waals surface area contributed by atoms with Gasteiger partial charge in [-0.3, -0.25) is 4.57 Å². The van der Waals surface area contributed by atoms with E-state index in [4.69, 9.17) is 0 Å². The third-order valence-electron chi connectivity index (χ3n) is 2.60. The molecule has 2 heterocycles. The molecule has 0 saturated carbocycles. The lowest BCUT2D eigenvalue weighted by Gasteiger charge is -2.07. The van der Waals surface area contributed by atoms with Crippen LogP contribution in [0.2, 0.25) is 0 Å². The van der Waals surface area contributed by atoms with E-state index in [-0.39, 0.29) is 5.56 Å². The summed E-state index contributed by atoms with van der Waals surface area (Å²) < 4.78 is 1.74. The number of rotatable bonds is 2. The van der Waals surface area contributed by atoms with Crippen molar-refractivity contribution in [3.05, 3.63) is 48.8 Å². The van der Waals surface area contributed by atoms with E-state index in [1.807, 2.05) is 0 Å². The second-order valence-electron chi connectivity index (χ2n) is 3.69. The highest BCUT2D eigenvalue weighted by molar-refractivity contribution is 5.93. The molecule has 0 radical (unpaired) electrons. The van der Waals surface area contributed by atoms with Crippen molar-refractivity contribution in [1.82, 2.24) is 19.5 Å². The number of carboxylic acids is 1. The molecule has 3 aromatic rings. The molecular formula is C12H7N4O2-. The summed E-state index contributed by atoms with van der Waals surface area (Å²) in [5.41, 5.74) is 0.646. The van der Waals surface area contributed by atoms with Gasteiger partial charge in [-0.15, -0.1) is 0 Å². The third kappa shape index (κ3) is 1.60. The zero-order chi connectivity index (χ0) is 12.5. The van der Waals surface area contributed by atoms with Crippen LogP contribution in [0.5, 0.6) is 0 Å². The Morgan fingerprint density at radius 3 is 2.89 bits per heavy atom. The Kier molecular flexibility index (Phi) is 2.26. The van der Waals surface area contributed by atoms with E-state index < -0.39 is 5.97 Å². The molecule has 6 heteroatoms. The van der Waals surface area contributed by atoms with Gasteiger partial charge in [0.15, 0.2) is 0 Å². The predicted molar refractivity (Wildman–Crippen MR) is 61.0 cm³/mol. The standard InChI is InChI=1S/C12H8N4O2/c17-12(18)8-1-2-9-10(5-8)14-6-15-11(9)16-4-3-13-7-16/h1-7H,(H,17,18)/p-1. The molecule has 0 unspecified atom stereocenters. The van der Waals surface area contributed by atoms with Crippen LogP contribution in [0, 0.1) is 0 Å². The molecule has 0 aliphatic heterocycles. The first kappa shape index (κ1) is 10.4. The molecule has 0 fully saturated rings. The molecule has 0 amide bonds. The van der Waals surface area contributed by atoms with Gasteiger partial charge in [-0.1, -0.05) is 6.07 Å². The van der Waals surface area contributed by atoms with Crippen molar-refractivity contribution in [3.63, 3.8) is 0 Å². The lowest BCUT2D eigenvalue weighted by molar-refractivity contribution is -0.255.